The number of hydrogen-bond acceptors (Lipinski definition) is 5. The van der Waals surface area contributed by atoms with Crippen LogP contribution >= 0.6 is 22.7 Å². The molecule has 1 aliphatic heterocycles. The highest BCUT2D eigenvalue weighted by Crippen LogP contribution is 2.32. The largest absolute Gasteiger partial charge is 0.477 e. The van der Waals surface area contributed by atoms with Gasteiger partial charge in [0.1, 0.15) is 4.88 Å². The monoisotopic (exact) mass is 343 g/mol. The summed E-state index contributed by atoms with van der Waals surface area (Å²) in [6, 6.07) is 3.21. The van der Waals surface area contributed by atoms with Gasteiger partial charge in [0.2, 0.25) is 10.0 Å². The van der Waals surface area contributed by atoms with Crippen LogP contribution in [0, 0.1) is 6.92 Å². The maximum Gasteiger partial charge on any atom is 0.345 e. The molecule has 8 heteroatoms. The molecule has 1 N–H and O–H groups in total. The number of thiophene rings is 2. The van der Waals surface area contributed by atoms with E-state index in [-0.39, 0.29) is 9.77 Å². The number of hydrogen-bond donors (Lipinski definition) is 1. The van der Waals surface area contributed by atoms with E-state index < -0.39 is 16.0 Å². The van der Waals surface area contributed by atoms with E-state index in [1.54, 1.807) is 18.3 Å². The molecule has 0 aromatic carbocycles. The lowest BCUT2D eigenvalue weighted by Gasteiger charge is -2.26. The minimum absolute atomic E-state index is 0.0549. The van der Waals surface area contributed by atoms with Crippen molar-refractivity contribution in [3.8, 4) is 0 Å². The van der Waals surface area contributed by atoms with Crippen molar-refractivity contribution in [2.45, 2.75) is 24.8 Å². The summed E-state index contributed by atoms with van der Waals surface area (Å²) < 4.78 is 26.9. The van der Waals surface area contributed by atoms with Gasteiger partial charge in [-0.15, -0.1) is 22.7 Å². The van der Waals surface area contributed by atoms with Crippen molar-refractivity contribution in [2.75, 3.05) is 6.54 Å². The second kappa shape index (κ2) is 5.20. The van der Waals surface area contributed by atoms with E-state index in [1.165, 1.54) is 15.2 Å². The van der Waals surface area contributed by atoms with E-state index in [1.807, 2.05) is 11.4 Å². The van der Waals surface area contributed by atoms with Gasteiger partial charge in [-0.05, 0) is 36.4 Å². The molecule has 2 aromatic heterocycles. The molecule has 3 heterocycles. The van der Waals surface area contributed by atoms with Crippen LogP contribution in [0.2, 0.25) is 0 Å². The molecule has 0 amide bonds. The van der Waals surface area contributed by atoms with Gasteiger partial charge in [-0.2, -0.15) is 4.31 Å². The van der Waals surface area contributed by atoms with Crippen LogP contribution in [0.3, 0.4) is 0 Å². The molecule has 3 rings (SSSR count). The van der Waals surface area contributed by atoms with E-state index >= 15 is 0 Å². The Bertz CT molecular complexity index is 803. The summed E-state index contributed by atoms with van der Waals surface area (Å²) in [4.78, 5) is 12.9. The molecule has 5 nitrogen and oxygen atoms in total. The molecule has 21 heavy (non-hydrogen) atoms. The molecule has 112 valence electrons. The Balaban J connectivity index is 1.96. The van der Waals surface area contributed by atoms with Gasteiger partial charge in [-0.3, -0.25) is 0 Å². The van der Waals surface area contributed by atoms with Crippen LogP contribution in [0.15, 0.2) is 22.4 Å². The second-order valence-corrected chi connectivity index (χ2v) is 8.96. The number of carboxylic acid groups (broad SMARTS) is 1. The van der Waals surface area contributed by atoms with Gasteiger partial charge < -0.3 is 5.11 Å². The Labute approximate surface area is 130 Å². The van der Waals surface area contributed by atoms with E-state index in [4.69, 9.17) is 5.11 Å². The van der Waals surface area contributed by atoms with Crippen molar-refractivity contribution in [3.05, 3.63) is 37.7 Å². The molecule has 0 bridgehead atoms. The fourth-order valence-corrected chi connectivity index (χ4v) is 6.10. The lowest BCUT2D eigenvalue weighted by molar-refractivity contribution is 0.0702. The SMILES string of the molecule is Cc1sc(C(=O)O)cc1S(=O)(=O)N1CCc2sccc2C1. The third-order valence-corrected chi connectivity index (χ3v) is 7.64. The van der Waals surface area contributed by atoms with Crippen molar-refractivity contribution < 1.29 is 18.3 Å². The van der Waals surface area contributed by atoms with Gasteiger partial charge >= 0.3 is 5.97 Å². The molecule has 0 saturated carbocycles. The molecule has 0 spiro atoms. The highest BCUT2D eigenvalue weighted by molar-refractivity contribution is 7.89. The quantitative estimate of drug-likeness (QED) is 0.929. The van der Waals surface area contributed by atoms with Crippen LogP contribution < -0.4 is 0 Å². The number of nitrogens with zero attached hydrogens (tertiary/aromatic N) is 1. The Morgan fingerprint density at radius 1 is 1.43 bits per heavy atom. The average Bonchev–Trinajstić information content (AvgIpc) is 3.03. The number of rotatable bonds is 3. The summed E-state index contributed by atoms with van der Waals surface area (Å²) in [5.74, 6) is -1.09. The normalized spacial score (nSPS) is 15.9. The number of aromatic carboxylic acids is 1. The van der Waals surface area contributed by atoms with Gasteiger partial charge in [0.25, 0.3) is 0 Å². The molecular weight excluding hydrogens is 330 g/mol. The van der Waals surface area contributed by atoms with Crippen molar-refractivity contribution >= 4 is 38.7 Å². The van der Waals surface area contributed by atoms with Crippen molar-refractivity contribution in [1.82, 2.24) is 4.31 Å². The fourth-order valence-electron chi connectivity index (χ4n) is 2.39. The zero-order valence-corrected chi connectivity index (χ0v) is 13.6. The summed E-state index contributed by atoms with van der Waals surface area (Å²) in [7, 11) is -3.64. The van der Waals surface area contributed by atoms with Crippen LogP contribution in [0.1, 0.15) is 25.0 Å². The second-order valence-electron chi connectivity index (χ2n) is 4.79. The summed E-state index contributed by atoms with van der Waals surface area (Å²) in [5, 5.41) is 11.0. The molecule has 0 atom stereocenters. The maximum atomic E-state index is 12.7. The summed E-state index contributed by atoms with van der Waals surface area (Å²) in [5.41, 5.74) is 1.04. The van der Waals surface area contributed by atoms with Crippen LogP contribution in [0.5, 0.6) is 0 Å². The van der Waals surface area contributed by atoms with Crippen LogP contribution in [0.25, 0.3) is 0 Å². The zero-order chi connectivity index (χ0) is 15.2. The predicted octanol–water partition coefficient (Wildman–Crippen LogP) is 2.56. The highest BCUT2D eigenvalue weighted by Gasteiger charge is 2.31. The minimum Gasteiger partial charge on any atom is -0.477 e. The minimum atomic E-state index is -3.64. The first-order valence-electron chi connectivity index (χ1n) is 6.28. The number of fused-ring (bicyclic) bond motifs is 1. The molecule has 1 aliphatic rings. The number of carboxylic acids is 1. The topological polar surface area (TPSA) is 74.7 Å². The zero-order valence-electron chi connectivity index (χ0n) is 11.2. The van der Waals surface area contributed by atoms with Gasteiger partial charge in [0.05, 0.1) is 4.90 Å². The molecular formula is C13H13NO4S3. The van der Waals surface area contributed by atoms with Crippen LogP contribution in [0.4, 0.5) is 0 Å². The Hall–Kier alpha value is -1.22. The molecule has 0 saturated heterocycles. The fraction of sp³-hybridized carbons (Fsp3) is 0.308. The Morgan fingerprint density at radius 2 is 2.19 bits per heavy atom. The Morgan fingerprint density at radius 3 is 2.86 bits per heavy atom. The molecule has 0 aliphatic carbocycles. The van der Waals surface area contributed by atoms with E-state index in [0.29, 0.717) is 24.4 Å². The van der Waals surface area contributed by atoms with Crippen molar-refractivity contribution in [1.29, 1.82) is 0 Å². The lowest BCUT2D eigenvalue weighted by Crippen LogP contribution is -2.35. The average molecular weight is 343 g/mol. The van der Waals surface area contributed by atoms with Crippen molar-refractivity contribution in [2.24, 2.45) is 0 Å². The number of sulfonamides is 1. The highest BCUT2D eigenvalue weighted by atomic mass is 32.2. The Kier molecular flexibility index (Phi) is 3.64. The third-order valence-electron chi connectivity index (χ3n) is 3.47. The third kappa shape index (κ3) is 2.52. The smallest absolute Gasteiger partial charge is 0.345 e. The summed E-state index contributed by atoms with van der Waals surface area (Å²) in [6.07, 6.45) is 0.710. The summed E-state index contributed by atoms with van der Waals surface area (Å²) in [6.45, 7) is 2.44. The van der Waals surface area contributed by atoms with E-state index in [0.717, 1.165) is 16.9 Å². The first kappa shape index (κ1) is 14.7. The van der Waals surface area contributed by atoms with Gasteiger partial charge in [0.15, 0.2) is 0 Å². The first-order valence-corrected chi connectivity index (χ1v) is 9.42. The summed E-state index contributed by atoms with van der Waals surface area (Å²) >= 11 is 2.65. The van der Waals surface area contributed by atoms with E-state index in [9.17, 15) is 13.2 Å². The molecule has 0 unspecified atom stereocenters. The molecule has 2 aromatic rings. The molecule has 0 fully saturated rings. The number of aryl methyl sites for hydroxylation is 1. The van der Waals surface area contributed by atoms with E-state index in [2.05, 4.69) is 0 Å². The van der Waals surface area contributed by atoms with Gasteiger partial charge in [-0.1, -0.05) is 0 Å². The van der Waals surface area contributed by atoms with Crippen molar-refractivity contribution in [3.63, 3.8) is 0 Å². The van der Waals surface area contributed by atoms with Crippen LogP contribution in [-0.4, -0.2) is 30.3 Å². The lowest BCUT2D eigenvalue weighted by atomic mass is 10.1. The van der Waals surface area contributed by atoms with Crippen LogP contribution in [-0.2, 0) is 23.0 Å². The maximum absolute atomic E-state index is 12.7. The van der Waals surface area contributed by atoms with Gasteiger partial charge in [-0.25, -0.2) is 13.2 Å². The van der Waals surface area contributed by atoms with Gasteiger partial charge in [0, 0.05) is 22.8 Å². The molecule has 0 radical (unpaired) electrons. The standard InChI is InChI=1S/C13H13NO4S3/c1-8-12(6-11(20-8)13(15)16)21(17,18)14-4-2-10-9(7-14)3-5-19-10/h3,5-6H,2,4,7H2,1H3,(H,15,16). The first-order chi connectivity index (χ1) is 9.89. The number of carbonyl (C=O) groups is 1. The predicted molar refractivity (Wildman–Crippen MR) is 81.6 cm³/mol.